The fourth-order valence-corrected chi connectivity index (χ4v) is 5.73. The van der Waals surface area contributed by atoms with Crippen molar-refractivity contribution in [2.75, 3.05) is 11.1 Å². The van der Waals surface area contributed by atoms with Crippen LogP contribution in [-0.4, -0.2) is 21.2 Å². The molecule has 0 aliphatic rings. The highest BCUT2D eigenvalue weighted by atomic mass is 32.2. The molecule has 4 rings (SSSR count). The molecule has 0 spiro atoms. The largest absolute Gasteiger partial charge is 0.416 e. The number of thiophene rings is 1. The zero-order valence-corrected chi connectivity index (χ0v) is 21.5. The van der Waals surface area contributed by atoms with E-state index in [2.05, 4.69) is 5.32 Å². The van der Waals surface area contributed by atoms with E-state index in [1.807, 2.05) is 45.0 Å². The number of hydrogen-bond donors (Lipinski definition) is 1. The Morgan fingerprint density at radius 1 is 1.08 bits per heavy atom. The van der Waals surface area contributed by atoms with Gasteiger partial charge in [0.2, 0.25) is 5.91 Å². The van der Waals surface area contributed by atoms with Gasteiger partial charge in [-0.15, -0.1) is 11.3 Å². The normalized spacial score (nSPS) is 11.7. The lowest BCUT2D eigenvalue weighted by Gasteiger charge is -2.13. The minimum atomic E-state index is -4.44. The van der Waals surface area contributed by atoms with Gasteiger partial charge in [-0.25, -0.2) is 4.98 Å². The Hall–Kier alpha value is -3.11. The topological polar surface area (TPSA) is 64.0 Å². The van der Waals surface area contributed by atoms with E-state index in [1.165, 1.54) is 23.5 Å². The molecule has 0 saturated heterocycles. The molecule has 0 unspecified atom stereocenters. The SMILES string of the molecule is CCc1sc2nc(SCC(=O)Nc3ccc(C(F)(F)F)cc3)n(Cc3ccc(C)cc3)c(=O)c2c1C. The van der Waals surface area contributed by atoms with Crippen LogP contribution in [0.1, 0.15) is 34.1 Å². The maximum Gasteiger partial charge on any atom is 0.416 e. The maximum atomic E-state index is 13.5. The van der Waals surface area contributed by atoms with Gasteiger partial charge in [-0.3, -0.25) is 14.2 Å². The Balaban J connectivity index is 1.60. The number of carbonyl (C=O) groups is 1. The number of nitrogens with one attached hydrogen (secondary N) is 1. The van der Waals surface area contributed by atoms with Crippen LogP contribution in [0.3, 0.4) is 0 Å². The molecular weight excluding hydrogens is 507 g/mol. The Labute approximate surface area is 214 Å². The predicted molar refractivity (Wildman–Crippen MR) is 139 cm³/mol. The number of rotatable bonds is 7. The van der Waals surface area contributed by atoms with Gasteiger partial charge in [0.15, 0.2) is 5.16 Å². The van der Waals surface area contributed by atoms with E-state index in [0.29, 0.717) is 21.9 Å². The van der Waals surface area contributed by atoms with Crippen LogP contribution in [0.5, 0.6) is 0 Å². The second-order valence-electron chi connectivity index (χ2n) is 8.37. The molecule has 2 aromatic heterocycles. The number of benzene rings is 2. The van der Waals surface area contributed by atoms with E-state index >= 15 is 0 Å². The first-order valence-corrected chi connectivity index (χ1v) is 13.0. The van der Waals surface area contributed by atoms with Crippen molar-refractivity contribution in [3.8, 4) is 0 Å². The molecule has 0 saturated carbocycles. The average Bonchev–Trinajstić information content (AvgIpc) is 3.16. The summed E-state index contributed by atoms with van der Waals surface area (Å²) in [6, 6.07) is 12.1. The molecule has 36 heavy (non-hydrogen) atoms. The highest BCUT2D eigenvalue weighted by molar-refractivity contribution is 7.99. The number of fused-ring (bicyclic) bond motifs is 1. The van der Waals surface area contributed by atoms with E-state index in [9.17, 15) is 22.8 Å². The summed E-state index contributed by atoms with van der Waals surface area (Å²) < 4.78 is 39.9. The van der Waals surface area contributed by atoms with Gasteiger partial charge in [0.1, 0.15) is 4.83 Å². The molecule has 5 nitrogen and oxygen atoms in total. The van der Waals surface area contributed by atoms with Crippen LogP contribution in [0.25, 0.3) is 10.2 Å². The van der Waals surface area contributed by atoms with Gasteiger partial charge in [-0.2, -0.15) is 13.2 Å². The van der Waals surface area contributed by atoms with Crippen LogP contribution in [0.15, 0.2) is 58.5 Å². The van der Waals surface area contributed by atoms with Crippen molar-refractivity contribution in [3.63, 3.8) is 0 Å². The van der Waals surface area contributed by atoms with Crippen molar-refractivity contribution in [2.24, 2.45) is 0 Å². The molecule has 0 bridgehead atoms. The summed E-state index contributed by atoms with van der Waals surface area (Å²) in [4.78, 5) is 32.6. The standard InChI is InChI=1S/C26H24F3N3O2S2/c1-4-20-16(3)22-23(36-20)31-25(32(24(22)34)13-17-7-5-15(2)6-8-17)35-14-21(33)30-19-11-9-18(10-12-19)26(27,28)29/h5-12H,4,13-14H2,1-3H3,(H,30,33). The lowest BCUT2D eigenvalue weighted by molar-refractivity contribution is -0.137. The summed E-state index contributed by atoms with van der Waals surface area (Å²) in [7, 11) is 0. The third-order valence-electron chi connectivity index (χ3n) is 5.72. The molecule has 2 aromatic carbocycles. The Morgan fingerprint density at radius 3 is 2.36 bits per heavy atom. The van der Waals surface area contributed by atoms with Crippen molar-refractivity contribution in [1.82, 2.24) is 9.55 Å². The highest BCUT2D eigenvalue weighted by Gasteiger charge is 2.30. The van der Waals surface area contributed by atoms with Crippen molar-refractivity contribution >= 4 is 44.9 Å². The van der Waals surface area contributed by atoms with E-state index in [4.69, 9.17) is 4.98 Å². The number of amides is 1. The zero-order valence-electron chi connectivity index (χ0n) is 19.9. The third-order valence-corrected chi connectivity index (χ3v) is 8.03. The summed E-state index contributed by atoms with van der Waals surface area (Å²) in [6.45, 7) is 6.26. The fourth-order valence-electron chi connectivity index (χ4n) is 3.78. The van der Waals surface area contributed by atoms with Gasteiger partial charge in [0, 0.05) is 10.6 Å². The lowest BCUT2D eigenvalue weighted by Crippen LogP contribution is -2.24. The number of hydrogen-bond acceptors (Lipinski definition) is 5. The lowest BCUT2D eigenvalue weighted by atomic mass is 10.1. The van der Waals surface area contributed by atoms with Gasteiger partial charge < -0.3 is 5.32 Å². The van der Waals surface area contributed by atoms with Crippen LogP contribution in [-0.2, 0) is 23.9 Å². The number of aromatic nitrogens is 2. The Kier molecular flexibility index (Phi) is 7.56. The van der Waals surface area contributed by atoms with Gasteiger partial charge >= 0.3 is 6.18 Å². The predicted octanol–water partition coefficient (Wildman–Crippen LogP) is 6.44. The van der Waals surface area contributed by atoms with Crippen LogP contribution in [0.4, 0.5) is 18.9 Å². The van der Waals surface area contributed by atoms with E-state index in [1.54, 1.807) is 4.57 Å². The van der Waals surface area contributed by atoms with Crippen LogP contribution < -0.4 is 10.9 Å². The van der Waals surface area contributed by atoms with Crippen LogP contribution in [0, 0.1) is 13.8 Å². The minimum absolute atomic E-state index is 0.0577. The van der Waals surface area contributed by atoms with Crippen molar-refractivity contribution in [2.45, 2.75) is 45.1 Å². The van der Waals surface area contributed by atoms with Crippen molar-refractivity contribution < 1.29 is 18.0 Å². The summed E-state index contributed by atoms with van der Waals surface area (Å²) in [5.41, 5.74) is 2.30. The molecule has 0 radical (unpaired) electrons. The zero-order chi connectivity index (χ0) is 26.0. The van der Waals surface area contributed by atoms with E-state index in [0.717, 1.165) is 51.9 Å². The van der Waals surface area contributed by atoms with Gasteiger partial charge in [0.05, 0.1) is 23.2 Å². The quantitative estimate of drug-likeness (QED) is 0.220. The molecule has 1 amide bonds. The van der Waals surface area contributed by atoms with E-state index < -0.39 is 17.6 Å². The monoisotopic (exact) mass is 531 g/mol. The number of halogens is 3. The third kappa shape index (κ3) is 5.65. The summed E-state index contributed by atoms with van der Waals surface area (Å²) in [5.74, 6) is -0.467. The van der Waals surface area contributed by atoms with Gasteiger partial charge in [0.25, 0.3) is 5.56 Å². The number of alkyl halides is 3. The number of aryl methyl sites for hydroxylation is 3. The van der Waals surface area contributed by atoms with Crippen LogP contribution >= 0.6 is 23.1 Å². The molecule has 0 aliphatic heterocycles. The molecule has 2 heterocycles. The molecule has 0 fully saturated rings. The molecule has 0 atom stereocenters. The average molecular weight is 532 g/mol. The second-order valence-corrected chi connectivity index (χ2v) is 10.4. The number of nitrogens with zero attached hydrogens (tertiary/aromatic N) is 2. The first kappa shape index (κ1) is 26.0. The summed E-state index contributed by atoms with van der Waals surface area (Å²) in [6.07, 6.45) is -3.65. The summed E-state index contributed by atoms with van der Waals surface area (Å²) in [5, 5.41) is 3.62. The van der Waals surface area contributed by atoms with Gasteiger partial charge in [-0.05, 0) is 55.7 Å². The molecule has 4 aromatic rings. The maximum absolute atomic E-state index is 13.5. The Morgan fingerprint density at radius 2 is 1.75 bits per heavy atom. The first-order chi connectivity index (χ1) is 17.1. The van der Waals surface area contributed by atoms with Crippen molar-refractivity contribution in [1.29, 1.82) is 0 Å². The first-order valence-electron chi connectivity index (χ1n) is 11.2. The molecular formula is C26H24F3N3O2S2. The van der Waals surface area contributed by atoms with Crippen LogP contribution in [0.2, 0.25) is 0 Å². The fraction of sp³-hybridized carbons (Fsp3) is 0.269. The second kappa shape index (κ2) is 10.5. The molecule has 188 valence electrons. The molecule has 10 heteroatoms. The van der Waals surface area contributed by atoms with E-state index in [-0.39, 0.29) is 17.0 Å². The Bertz CT molecular complexity index is 1460. The molecule has 0 aliphatic carbocycles. The smallest absolute Gasteiger partial charge is 0.325 e. The van der Waals surface area contributed by atoms with Gasteiger partial charge in [-0.1, -0.05) is 48.5 Å². The molecule has 1 N–H and O–H groups in total. The van der Waals surface area contributed by atoms with Crippen molar-refractivity contribution in [3.05, 3.63) is 86.0 Å². The number of anilines is 1. The minimum Gasteiger partial charge on any atom is -0.325 e. The number of carbonyl (C=O) groups excluding carboxylic acids is 1. The highest BCUT2D eigenvalue weighted by Crippen LogP contribution is 2.31. The summed E-state index contributed by atoms with van der Waals surface area (Å²) >= 11 is 2.60. The number of thioether (sulfide) groups is 1.